The number of rotatable bonds is 6. The molecule has 100 valence electrons. The van der Waals surface area contributed by atoms with Gasteiger partial charge in [0.2, 0.25) is 0 Å². The minimum atomic E-state index is -1.01. The molecule has 0 radical (unpaired) electrons. The minimum absolute atomic E-state index is 0.357. The first-order valence-electron chi connectivity index (χ1n) is 5.71. The Labute approximate surface area is 109 Å². The Morgan fingerprint density at radius 1 is 1.56 bits per heavy atom. The van der Waals surface area contributed by atoms with E-state index >= 15 is 0 Å². The average Bonchev–Trinajstić information content (AvgIpc) is 2.72. The summed E-state index contributed by atoms with van der Waals surface area (Å²) in [6, 6.07) is -1.31. The van der Waals surface area contributed by atoms with Crippen molar-refractivity contribution in [3.05, 3.63) is 16.1 Å². The van der Waals surface area contributed by atoms with Gasteiger partial charge in [-0.25, -0.2) is 14.6 Å². The number of aliphatic carboxylic acids is 1. The van der Waals surface area contributed by atoms with Crippen LogP contribution in [0.25, 0.3) is 0 Å². The monoisotopic (exact) mass is 271 g/mol. The second kappa shape index (κ2) is 6.95. The number of hydrogen-bond acceptors (Lipinski definition) is 4. The van der Waals surface area contributed by atoms with E-state index in [2.05, 4.69) is 15.6 Å². The van der Waals surface area contributed by atoms with Gasteiger partial charge >= 0.3 is 12.0 Å². The van der Waals surface area contributed by atoms with Crippen LogP contribution in [-0.4, -0.2) is 28.1 Å². The summed E-state index contributed by atoms with van der Waals surface area (Å²) >= 11 is 1.50. The van der Waals surface area contributed by atoms with Crippen molar-refractivity contribution in [3.8, 4) is 0 Å². The summed E-state index contributed by atoms with van der Waals surface area (Å²) in [6.45, 7) is 4.11. The van der Waals surface area contributed by atoms with Crippen LogP contribution in [-0.2, 0) is 11.3 Å². The Kier molecular flexibility index (Phi) is 5.57. The third-order valence-electron chi connectivity index (χ3n) is 2.27. The zero-order chi connectivity index (χ0) is 13.5. The number of nitrogens with one attached hydrogen (secondary N) is 2. The van der Waals surface area contributed by atoms with Crippen LogP contribution in [0.3, 0.4) is 0 Å². The number of nitrogens with zero attached hydrogens (tertiary/aromatic N) is 1. The molecule has 0 bridgehead atoms. The van der Waals surface area contributed by atoms with Gasteiger partial charge in [0, 0.05) is 11.1 Å². The maximum absolute atomic E-state index is 11.5. The molecular formula is C11H17N3O3S. The molecule has 18 heavy (non-hydrogen) atoms. The van der Waals surface area contributed by atoms with Crippen LogP contribution >= 0.6 is 11.3 Å². The molecule has 0 aromatic carbocycles. The van der Waals surface area contributed by atoms with Crippen molar-refractivity contribution in [2.24, 2.45) is 0 Å². The molecule has 0 unspecified atom stereocenters. The predicted molar refractivity (Wildman–Crippen MR) is 68.6 cm³/mol. The molecule has 0 spiro atoms. The van der Waals surface area contributed by atoms with Crippen LogP contribution in [0.2, 0.25) is 0 Å². The first-order chi connectivity index (χ1) is 8.52. The number of hydrogen-bond donors (Lipinski definition) is 3. The second-order valence-corrected chi connectivity index (χ2v) is 5.17. The van der Waals surface area contributed by atoms with Crippen LogP contribution in [0.15, 0.2) is 6.20 Å². The lowest BCUT2D eigenvalue weighted by molar-refractivity contribution is -0.139. The van der Waals surface area contributed by atoms with E-state index < -0.39 is 18.0 Å². The van der Waals surface area contributed by atoms with E-state index in [-0.39, 0.29) is 0 Å². The minimum Gasteiger partial charge on any atom is -0.480 e. The smallest absolute Gasteiger partial charge is 0.326 e. The molecule has 7 heteroatoms. The van der Waals surface area contributed by atoms with Gasteiger partial charge in [0.15, 0.2) is 0 Å². The molecule has 0 saturated carbocycles. The number of carboxylic acids is 1. The molecule has 1 atom stereocenters. The average molecular weight is 271 g/mol. The highest BCUT2D eigenvalue weighted by molar-refractivity contribution is 7.11. The number of aryl methyl sites for hydroxylation is 1. The van der Waals surface area contributed by atoms with E-state index in [1.165, 1.54) is 11.3 Å². The van der Waals surface area contributed by atoms with Gasteiger partial charge in [-0.3, -0.25) is 0 Å². The number of carbonyl (C=O) groups is 2. The second-order valence-electron chi connectivity index (χ2n) is 3.85. The van der Waals surface area contributed by atoms with Crippen molar-refractivity contribution >= 4 is 23.3 Å². The number of urea groups is 1. The maximum Gasteiger partial charge on any atom is 0.326 e. The molecule has 3 N–H and O–H groups in total. The predicted octanol–water partition coefficient (Wildman–Crippen LogP) is 1.50. The van der Waals surface area contributed by atoms with Crippen molar-refractivity contribution < 1.29 is 14.7 Å². The van der Waals surface area contributed by atoms with E-state index in [0.717, 1.165) is 9.88 Å². The van der Waals surface area contributed by atoms with Gasteiger partial charge < -0.3 is 15.7 Å². The van der Waals surface area contributed by atoms with Gasteiger partial charge in [0.25, 0.3) is 0 Å². The molecule has 0 fully saturated rings. The summed E-state index contributed by atoms with van der Waals surface area (Å²) in [5.41, 5.74) is 0. The lowest BCUT2D eigenvalue weighted by Gasteiger charge is -2.13. The quantitative estimate of drug-likeness (QED) is 0.731. The van der Waals surface area contributed by atoms with E-state index in [4.69, 9.17) is 5.11 Å². The molecule has 0 saturated heterocycles. The number of carboxylic acid groups (broad SMARTS) is 1. The van der Waals surface area contributed by atoms with Crippen LogP contribution in [0.1, 0.15) is 29.7 Å². The number of amides is 2. The fourth-order valence-electron chi connectivity index (χ4n) is 1.41. The summed E-state index contributed by atoms with van der Waals surface area (Å²) in [5.74, 6) is -1.01. The molecule has 0 aliphatic rings. The van der Waals surface area contributed by atoms with Crippen molar-refractivity contribution in [2.75, 3.05) is 0 Å². The molecule has 1 rings (SSSR count). The summed E-state index contributed by atoms with van der Waals surface area (Å²) < 4.78 is 0. The van der Waals surface area contributed by atoms with Gasteiger partial charge in [-0.1, -0.05) is 13.3 Å². The molecule has 2 amide bonds. The third-order valence-corrected chi connectivity index (χ3v) is 3.19. The summed E-state index contributed by atoms with van der Waals surface area (Å²) in [7, 11) is 0. The van der Waals surface area contributed by atoms with Gasteiger partial charge in [-0.15, -0.1) is 11.3 Å². The van der Waals surface area contributed by atoms with Crippen LogP contribution < -0.4 is 10.6 Å². The largest absolute Gasteiger partial charge is 0.480 e. The lowest BCUT2D eigenvalue weighted by Crippen LogP contribution is -2.45. The van der Waals surface area contributed by atoms with Gasteiger partial charge in [0.05, 0.1) is 11.6 Å². The van der Waals surface area contributed by atoms with Crippen molar-refractivity contribution in [3.63, 3.8) is 0 Å². The Bertz CT molecular complexity index is 419. The topological polar surface area (TPSA) is 91.3 Å². The molecule has 6 nitrogen and oxygen atoms in total. The Balaban J connectivity index is 2.38. The molecule has 1 aromatic heterocycles. The Hall–Kier alpha value is -1.63. The van der Waals surface area contributed by atoms with Gasteiger partial charge in [-0.2, -0.15) is 0 Å². The van der Waals surface area contributed by atoms with E-state index in [9.17, 15) is 9.59 Å². The van der Waals surface area contributed by atoms with E-state index in [0.29, 0.717) is 19.4 Å². The normalized spacial score (nSPS) is 11.9. The number of carbonyl (C=O) groups excluding carboxylic acids is 1. The van der Waals surface area contributed by atoms with Crippen molar-refractivity contribution in [1.82, 2.24) is 15.6 Å². The highest BCUT2D eigenvalue weighted by Gasteiger charge is 2.18. The van der Waals surface area contributed by atoms with Gasteiger partial charge in [-0.05, 0) is 13.3 Å². The first-order valence-corrected chi connectivity index (χ1v) is 6.53. The molecule has 1 aromatic rings. The zero-order valence-corrected chi connectivity index (χ0v) is 11.2. The number of aromatic nitrogens is 1. The van der Waals surface area contributed by atoms with Crippen molar-refractivity contribution in [1.29, 1.82) is 0 Å². The Morgan fingerprint density at radius 2 is 2.28 bits per heavy atom. The third kappa shape index (κ3) is 4.70. The van der Waals surface area contributed by atoms with Crippen molar-refractivity contribution in [2.45, 2.75) is 39.3 Å². The highest BCUT2D eigenvalue weighted by Crippen LogP contribution is 2.10. The van der Waals surface area contributed by atoms with E-state index in [1.54, 1.807) is 6.20 Å². The Morgan fingerprint density at radius 3 is 2.78 bits per heavy atom. The number of thiazole rings is 1. The van der Waals surface area contributed by atoms with E-state index in [1.807, 2.05) is 13.8 Å². The van der Waals surface area contributed by atoms with Crippen LogP contribution in [0.5, 0.6) is 0 Å². The molecular weight excluding hydrogens is 254 g/mol. The summed E-state index contributed by atoms with van der Waals surface area (Å²) in [6.07, 6.45) is 2.81. The zero-order valence-electron chi connectivity index (χ0n) is 10.4. The fraction of sp³-hybridized carbons (Fsp3) is 0.545. The molecule has 1 heterocycles. The summed E-state index contributed by atoms with van der Waals surface area (Å²) in [5, 5.41) is 14.9. The highest BCUT2D eigenvalue weighted by atomic mass is 32.1. The summed E-state index contributed by atoms with van der Waals surface area (Å²) in [4.78, 5) is 27.4. The fourth-order valence-corrected chi connectivity index (χ4v) is 2.14. The lowest BCUT2D eigenvalue weighted by atomic mass is 10.2. The standard InChI is InChI=1S/C11H17N3O3S/c1-3-4-9(10(15)16)14-11(17)13-6-8-5-12-7(2)18-8/h5,9H,3-4,6H2,1-2H3,(H,15,16)(H2,13,14,17)/t9-/m0/s1. The van der Waals surface area contributed by atoms with Crippen LogP contribution in [0.4, 0.5) is 4.79 Å². The first kappa shape index (κ1) is 14.4. The SMILES string of the molecule is CCC[C@H](NC(=O)NCc1cnc(C)s1)C(=O)O. The molecule has 0 aliphatic carbocycles. The van der Waals surface area contributed by atoms with Gasteiger partial charge in [0.1, 0.15) is 6.04 Å². The van der Waals surface area contributed by atoms with Crippen LogP contribution in [0, 0.1) is 6.92 Å². The maximum atomic E-state index is 11.5. The molecule has 0 aliphatic heterocycles.